The number of nitrogens with zero attached hydrogens (tertiary/aromatic N) is 1. The van der Waals surface area contributed by atoms with Crippen LogP contribution in [0.1, 0.15) is 18.5 Å². The smallest absolute Gasteiger partial charge is 0.408 e. The minimum atomic E-state index is -4.34. The number of ether oxygens (including phenoxy) is 2. The third-order valence-electron chi connectivity index (χ3n) is 3.63. The molecule has 4 nitrogen and oxygen atoms in total. The summed E-state index contributed by atoms with van der Waals surface area (Å²) in [5.74, 6) is 0.777. The number of alkyl halides is 3. The fourth-order valence-corrected chi connectivity index (χ4v) is 2.68. The van der Waals surface area contributed by atoms with Crippen LogP contribution in [0.2, 0.25) is 0 Å². The lowest BCUT2D eigenvalue weighted by Gasteiger charge is -2.36. The average molecular weight is 355 g/mol. The third-order valence-corrected chi connectivity index (χ3v) is 3.63. The van der Waals surface area contributed by atoms with Gasteiger partial charge in [-0.1, -0.05) is 6.07 Å². The molecule has 0 amide bonds. The summed E-state index contributed by atoms with van der Waals surface area (Å²) in [6.45, 7) is 4.07. The van der Waals surface area contributed by atoms with Gasteiger partial charge in [-0.05, 0) is 24.6 Å². The molecule has 1 aliphatic heterocycles. The first-order valence-electron chi connectivity index (χ1n) is 7.29. The minimum Gasteiger partial charge on any atom is -0.493 e. The maximum absolute atomic E-state index is 13.5. The maximum atomic E-state index is 13.5. The van der Waals surface area contributed by atoms with Gasteiger partial charge in [-0.15, -0.1) is 12.4 Å². The predicted molar refractivity (Wildman–Crippen MR) is 84.6 cm³/mol. The topological polar surface area (TPSA) is 33.7 Å². The Balaban J connectivity index is 0.00000264. The molecule has 1 atom stereocenters. The molecule has 1 aromatic rings. The molecule has 1 saturated heterocycles. The molecule has 2 rings (SSSR count). The second kappa shape index (κ2) is 8.61. The van der Waals surface area contributed by atoms with E-state index in [9.17, 15) is 13.2 Å². The van der Waals surface area contributed by atoms with Gasteiger partial charge >= 0.3 is 6.18 Å². The first kappa shape index (κ1) is 19.9. The number of hydrogen-bond donors (Lipinski definition) is 1. The minimum absolute atomic E-state index is 0. The fraction of sp³-hybridized carbons (Fsp3) is 0.600. The standard InChI is InChI=1S/C15H21F3N2O2.ClH/c1-3-22-12-5-4-11(10-13(12)21-2)14(15(16,17)18)20-8-6-19-7-9-20;/h4-5,10,14,19H,3,6-9H2,1-2H3;1H/t14-;/m1./s1. The highest BCUT2D eigenvalue weighted by Gasteiger charge is 2.45. The molecule has 1 aromatic carbocycles. The van der Waals surface area contributed by atoms with Gasteiger partial charge in [-0.2, -0.15) is 13.2 Å². The van der Waals surface area contributed by atoms with Crippen molar-refractivity contribution in [3.8, 4) is 11.5 Å². The van der Waals surface area contributed by atoms with Crippen LogP contribution in [0.3, 0.4) is 0 Å². The van der Waals surface area contributed by atoms with Gasteiger partial charge in [-0.25, -0.2) is 0 Å². The Kier molecular flexibility index (Phi) is 7.44. The van der Waals surface area contributed by atoms with Crippen molar-refractivity contribution in [3.05, 3.63) is 23.8 Å². The van der Waals surface area contributed by atoms with Crippen molar-refractivity contribution in [2.45, 2.75) is 19.1 Å². The monoisotopic (exact) mass is 354 g/mol. The number of halogens is 4. The van der Waals surface area contributed by atoms with Gasteiger partial charge in [0, 0.05) is 26.2 Å². The summed E-state index contributed by atoms with van der Waals surface area (Å²) in [7, 11) is 1.43. The van der Waals surface area contributed by atoms with Crippen LogP contribution in [0.15, 0.2) is 18.2 Å². The van der Waals surface area contributed by atoms with Crippen LogP contribution >= 0.6 is 12.4 Å². The number of hydrogen-bond acceptors (Lipinski definition) is 4. The summed E-state index contributed by atoms with van der Waals surface area (Å²) in [4.78, 5) is 1.45. The van der Waals surface area contributed by atoms with E-state index in [1.807, 2.05) is 6.92 Å². The Labute approximate surface area is 140 Å². The zero-order valence-corrected chi connectivity index (χ0v) is 14.0. The lowest BCUT2D eigenvalue weighted by molar-refractivity contribution is -0.187. The Bertz CT molecular complexity index is 494. The summed E-state index contributed by atoms with van der Waals surface area (Å²) in [5, 5.41) is 3.07. The highest BCUT2D eigenvalue weighted by molar-refractivity contribution is 5.85. The third kappa shape index (κ3) is 4.89. The largest absolute Gasteiger partial charge is 0.493 e. The van der Waals surface area contributed by atoms with E-state index in [1.165, 1.54) is 24.1 Å². The summed E-state index contributed by atoms with van der Waals surface area (Å²) < 4.78 is 51.2. The molecule has 0 saturated carbocycles. The second-order valence-corrected chi connectivity index (χ2v) is 5.07. The van der Waals surface area contributed by atoms with E-state index < -0.39 is 12.2 Å². The van der Waals surface area contributed by atoms with Gasteiger partial charge < -0.3 is 14.8 Å². The predicted octanol–water partition coefficient (Wildman–Crippen LogP) is 3.02. The number of nitrogens with one attached hydrogen (secondary N) is 1. The Morgan fingerprint density at radius 1 is 1.22 bits per heavy atom. The lowest BCUT2D eigenvalue weighted by Crippen LogP contribution is -2.49. The Morgan fingerprint density at radius 3 is 2.39 bits per heavy atom. The van der Waals surface area contributed by atoms with Crippen molar-refractivity contribution in [2.24, 2.45) is 0 Å². The molecular formula is C15H22ClF3N2O2. The van der Waals surface area contributed by atoms with Gasteiger partial charge in [0.2, 0.25) is 0 Å². The zero-order valence-electron chi connectivity index (χ0n) is 13.2. The molecule has 23 heavy (non-hydrogen) atoms. The Hall–Kier alpha value is -1.18. The number of piperazine rings is 1. The maximum Gasteiger partial charge on any atom is 0.408 e. The van der Waals surface area contributed by atoms with Crippen LogP contribution in [0.5, 0.6) is 11.5 Å². The van der Waals surface area contributed by atoms with Crippen molar-refractivity contribution in [1.29, 1.82) is 0 Å². The molecule has 132 valence electrons. The molecule has 1 aliphatic rings. The summed E-state index contributed by atoms with van der Waals surface area (Å²) in [6.07, 6.45) is -4.34. The van der Waals surface area contributed by atoms with E-state index in [4.69, 9.17) is 9.47 Å². The molecule has 1 fully saturated rings. The highest BCUT2D eigenvalue weighted by Crippen LogP contribution is 2.40. The number of methoxy groups -OCH3 is 1. The van der Waals surface area contributed by atoms with Gasteiger partial charge in [0.25, 0.3) is 0 Å². The highest BCUT2D eigenvalue weighted by atomic mass is 35.5. The molecule has 0 unspecified atom stereocenters. The second-order valence-electron chi connectivity index (χ2n) is 5.07. The summed E-state index contributed by atoms with van der Waals surface area (Å²) in [5.41, 5.74) is 0.176. The summed E-state index contributed by atoms with van der Waals surface area (Å²) in [6, 6.07) is 2.80. The fourth-order valence-electron chi connectivity index (χ4n) is 2.68. The lowest BCUT2D eigenvalue weighted by atomic mass is 10.0. The SMILES string of the molecule is CCOc1ccc([C@@H](N2CCNCC2)C(F)(F)F)cc1OC.Cl. The Morgan fingerprint density at radius 2 is 1.87 bits per heavy atom. The van der Waals surface area contributed by atoms with E-state index in [2.05, 4.69) is 5.32 Å². The van der Waals surface area contributed by atoms with Crippen molar-refractivity contribution in [1.82, 2.24) is 10.2 Å². The molecule has 1 N–H and O–H groups in total. The van der Waals surface area contributed by atoms with E-state index >= 15 is 0 Å². The molecule has 0 aromatic heterocycles. The molecule has 1 heterocycles. The first-order valence-corrected chi connectivity index (χ1v) is 7.29. The molecule has 0 radical (unpaired) electrons. The number of benzene rings is 1. The van der Waals surface area contributed by atoms with E-state index in [1.54, 1.807) is 6.07 Å². The molecule has 8 heteroatoms. The van der Waals surface area contributed by atoms with Crippen LogP contribution < -0.4 is 14.8 Å². The van der Waals surface area contributed by atoms with Crippen molar-refractivity contribution in [3.63, 3.8) is 0 Å². The zero-order chi connectivity index (χ0) is 16.2. The van der Waals surface area contributed by atoms with E-state index in [0.29, 0.717) is 44.3 Å². The first-order chi connectivity index (χ1) is 10.5. The van der Waals surface area contributed by atoms with Crippen LogP contribution in [-0.2, 0) is 0 Å². The average Bonchev–Trinajstić information content (AvgIpc) is 2.49. The van der Waals surface area contributed by atoms with Crippen molar-refractivity contribution in [2.75, 3.05) is 39.9 Å². The van der Waals surface area contributed by atoms with Crippen LogP contribution in [0, 0.1) is 0 Å². The molecule has 0 spiro atoms. The summed E-state index contributed by atoms with van der Waals surface area (Å²) >= 11 is 0. The van der Waals surface area contributed by atoms with Crippen LogP contribution in [-0.4, -0.2) is 51.0 Å². The van der Waals surface area contributed by atoms with E-state index in [-0.39, 0.29) is 18.0 Å². The van der Waals surface area contributed by atoms with Gasteiger partial charge in [-0.3, -0.25) is 4.90 Å². The molecular weight excluding hydrogens is 333 g/mol. The van der Waals surface area contributed by atoms with Crippen molar-refractivity contribution < 1.29 is 22.6 Å². The van der Waals surface area contributed by atoms with Crippen molar-refractivity contribution >= 4 is 12.4 Å². The number of rotatable bonds is 5. The van der Waals surface area contributed by atoms with Crippen LogP contribution in [0.4, 0.5) is 13.2 Å². The normalized spacial score (nSPS) is 17.3. The van der Waals surface area contributed by atoms with Gasteiger partial charge in [0.15, 0.2) is 11.5 Å². The van der Waals surface area contributed by atoms with E-state index in [0.717, 1.165) is 0 Å². The quantitative estimate of drug-likeness (QED) is 0.881. The molecule has 0 bridgehead atoms. The van der Waals surface area contributed by atoms with Gasteiger partial charge in [0.05, 0.1) is 13.7 Å². The van der Waals surface area contributed by atoms with Gasteiger partial charge in [0.1, 0.15) is 6.04 Å². The molecule has 0 aliphatic carbocycles. The van der Waals surface area contributed by atoms with Crippen LogP contribution in [0.25, 0.3) is 0 Å².